The first-order valence-electron chi connectivity index (χ1n) is 10.7. The minimum atomic E-state index is -6.01. The summed E-state index contributed by atoms with van der Waals surface area (Å²) in [4.78, 5) is 0. The molecule has 2 aromatic rings. The summed E-state index contributed by atoms with van der Waals surface area (Å²) in [5.41, 5.74) is -11.5. The summed E-state index contributed by atoms with van der Waals surface area (Å²) < 4.78 is 118. The molecule has 2 bridgehead atoms. The van der Waals surface area contributed by atoms with Crippen LogP contribution in [0.3, 0.4) is 0 Å². The monoisotopic (exact) mass is 524 g/mol. The SMILES string of the molecule is CC1(C)OP23(O[C@@H](c4ccccc4)[C@@](c4ccccc4)(O2)C(C(F)(F)F)(C(F)(F)F)O3)OC1(C)C. The van der Waals surface area contributed by atoms with Gasteiger partial charge in [-0.2, -0.15) is 0 Å². The van der Waals surface area contributed by atoms with Crippen molar-refractivity contribution >= 4 is 7.74 Å². The normalized spacial score (nSPS) is 32.9. The molecule has 12 heteroatoms. The van der Waals surface area contributed by atoms with Crippen molar-refractivity contribution in [2.45, 2.75) is 68.6 Å². The fourth-order valence-corrected chi connectivity index (χ4v) is 9.46. The third kappa shape index (κ3) is 2.94. The summed E-state index contributed by atoms with van der Waals surface area (Å²) in [5, 5.41) is 0. The number of rotatable bonds is 2. The molecule has 0 aliphatic carbocycles. The third-order valence-corrected chi connectivity index (χ3v) is 10.3. The van der Waals surface area contributed by atoms with Gasteiger partial charge in [0.2, 0.25) is 0 Å². The van der Waals surface area contributed by atoms with Crippen LogP contribution in [0.15, 0.2) is 60.7 Å². The maximum atomic E-state index is 14.9. The standard InChI is InChI=1S/C23H23F6O5P/c1-18(2)19(3,4)32-35(31-18)30-17(15-11-7-5-8-12-15)20(33-35,16-13-9-6-10-14-16)21(34-35,22(24,25)26)23(27,28)29/h5-14,17H,1-4H3/t17-,20+/m0/s1. The molecule has 3 aliphatic heterocycles. The molecule has 0 radical (unpaired) electrons. The van der Waals surface area contributed by atoms with Gasteiger partial charge in [0.05, 0.1) is 0 Å². The van der Waals surface area contributed by atoms with Crippen molar-refractivity contribution in [3.05, 3.63) is 71.8 Å². The van der Waals surface area contributed by atoms with Crippen LogP contribution in [0.5, 0.6) is 0 Å². The van der Waals surface area contributed by atoms with Crippen LogP contribution in [0.1, 0.15) is 44.9 Å². The molecule has 5 nitrogen and oxygen atoms in total. The predicted molar refractivity (Wildman–Crippen MR) is 113 cm³/mol. The Kier molecular flexibility index (Phi) is 4.81. The number of hydrogen-bond donors (Lipinski definition) is 0. The van der Waals surface area contributed by atoms with E-state index in [0.717, 1.165) is 12.1 Å². The molecule has 2 atom stereocenters. The van der Waals surface area contributed by atoms with Crippen LogP contribution in [0.2, 0.25) is 0 Å². The number of benzene rings is 2. The fraction of sp³-hybridized carbons (Fsp3) is 0.478. The van der Waals surface area contributed by atoms with Crippen LogP contribution < -0.4 is 0 Å². The first kappa shape index (κ1) is 24.9. The van der Waals surface area contributed by atoms with Crippen molar-refractivity contribution in [2.75, 3.05) is 0 Å². The van der Waals surface area contributed by atoms with Gasteiger partial charge in [-0.1, -0.05) is 0 Å². The molecule has 0 saturated carbocycles. The second kappa shape index (κ2) is 6.76. The second-order valence-electron chi connectivity index (χ2n) is 9.81. The zero-order chi connectivity index (χ0) is 25.8. The van der Waals surface area contributed by atoms with Crippen molar-refractivity contribution in [3.63, 3.8) is 0 Å². The van der Waals surface area contributed by atoms with Crippen LogP contribution in [-0.4, -0.2) is 29.2 Å². The second-order valence-corrected chi connectivity index (χ2v) is 12.2. The van der Waals surface area contributed by atoms with Gasteiger partial charge in [0.25, 0.3) is 0 Å². The van der Waals surface area contributed by atoms with E-state index in [-0.39, 0.29) is 5.56 Å². The van der Waals surface area contributed by atoms with Crippen LogP contribution in [0, 0.1) is 0 Å². The molecular weight excluding hydrogens is 501 g/mol. The first-order valence-corrected chi connectivity index (χ1v) is 12.6. The van der Waals surface area contributed by atoms with Gasteiger partial charge in [-0.15, -0.1) is 0 Å². The first-order chi connectivity index (χ1) is 15.9. The average Bonchev–Trinajstić information content (AvgIpc) is 3.24. The number of hydrogen-bond acceptors (Lipinski definition) is 5. The number of alkyl halides is 6. The fourth-order valence-electron chi connectivity index (χ4n) is 4.93. The van der Waals surface area contributed by atoms with Crippen LogP contribution >= 0.6 is 7.74 Å². The van der Waals surface area contributed by atoms with E-state index in [9.17, 15) is 26.3 Å². The van der Waals surface area contributed by atoms with E-state index in [0.29, 0.717) is 0 Å². The molecule has 0 amide bonds. The Morgan fingerprint density at radius 2 is 1.11 bits per heavy atom. The Bertz CT molecular complexity index is 1120. The van der Waals surface area contributed by atoms with Crippen molar-refractivity contribution in [2.24, 2.45) is 0 Å². The van der Waals surface area contributed by atoms with Gasteiger partial charge in [0.15, 0.2) is 0 Å². The number of fused-ring (bicyclic) bond motifs is 1. The van der Waals surface area contributed by atoms with Crippen LogP contribution in [0.4, 0.5) is 26.3 Å². The van der Waals surface area contributed by atoms with Gasteiger partial charge in [-0.05, 0) is 0 Å². The van der Waals surface area contributed by atoms with E-state index in [1.54, 1.807) is 6.07 Å². The molecule has 1 spiro atoms. The quantitative estimate of drug-likeness (QED) is 0.305. The molecule has 35 heavy (non-hydrogen) atoms. The number of halogens is 6. The summed E-state index contributed by atoms with van der Waals surface area (Å²) >= 11 is 0. The molecule has 3 heterocycles. The average molecular weight is 524 g/mol. The zero-order valence-electron chi connectivity index (χ0n) is 19.1. The van der Waals surface area contributed by atoms with Crippen molar-refractivity contribution in [1.82, 2.24) is 0 Å². The Balaban J connectivity index is 1.92. The predicted octanol–water partition coefficient (Wildman–Crippen LogP) is 7.30. The molecule has 192 valence electrons. The molecule has 5 rings (SSSR count). The van der Waals surface area contributed by atoms with E-state index in [1.165, 1.54) is 70.2 Å². The summed E-state index contributed by atoms with van der Waals surface area (Å²) in [6.07, 6.45) is -14.0. The van der Waals surface area contributed by atoms with E-state index in [4.69, 9.17) is 22.6 Å². The van der Waals surface area contributed by atoms with E-state index in [1.807, 2.05) is 0 Å². The molecule has 2 aromatic carbocycles. The van der Waals surface area contributed by atoms with E-state index < -0.39 is 54.2 Å². The Morgan fingerprint density at radius 1 is 0.657 bits per heavy atom. The topological polar surface area (TPSA) is 46.2 Å². The Labute approximate surface area is 197 Å². The van der Waals surface area contributed by atoms with Gasteiger partial charge in [-0.25, -0.2) is 0 Å². The summed E-state index contributed by atoms with van der Waals surface area (Å²) in [7, 11) is -6.00. The van der Waals surface area contributed by atoms with Gasteiger partial charge in [0, 0.05) is 0 Å². The molecule has 0 unspecified atom stereocenters. The Morgan fingerprint density at radius 3 is 1.57 bits per heavy atom. The third-order valence-electron chi connectivity index (χ3n) is 7.06. The van der Waals surface area contributed by atoms with Gasteiger partial charge in [0.1, 0.15) is 0 Å². The molecule has 0 N–H and O–H groups in total. The summed E-state index contributed by atoms with van der Waals surface area (Å²) in [6, 6.07) is 13.6. The van der Waals surface area contributed by atoms with E-state index in [2.05, 4.69) is 0 Å². The van der Waals surface area contributed by atoms with Crippen LogP contribution in [0.25, 0.3) is 0 Å². The molecule has 3 saturated heterocycles. The summed E-state index contributed by atoms with van der Waals surface area (Å²) in [5.74, 6) is 0. The van der Waals surface area contributed by atoms with Crippen molar-refractivity contribution in [3.8, 4) is 0 Å². The minimum absolute atomic E-state index is 0.00809. The van der Waals surface area contributed by atoms with Gasteiger partial charge >= 0.3 is 197 Å². The van der Waals surface area contributed by atoms with Gasteiger partial charge < -0.3 is 0 Å². The van der Waals surface area contributed by atoms with Crippen LogP contribution in [-0.2, 0) is 28.2 Å². The van der Waals surface area contributed by atoms with E-state index >= 15 is 0 Å². The molecular formula is C23H23F6O5P. The van der Waals surface area contributed by atoms with Crippen molar-refractivity contribution in [1.29, 1.82) is 0 Å². The zero-order valence-corrected chi connectivity index (χ0v) is 20.0. The Hall–Kier alpha value is -1.75. The molecule has 3 fully saturated rings. The maximum absolute atomic E-state index is 14.9. The summed E-state index contributed by atoms with van der Waals surface area (Å²) in [6.45, 7) is 5.83. The molecule has 3 aliphatic rings. The van der Waals surface area contributed by atoms with Crippen molar-refractivity contribution < 1.29 is 49.0 Å². The molecule has 0 aromatic heterocycles. The van der Waals surface area contributed by atoms with Gasteiger partial charge in [-0.3, -0.25) is 0 Å².